The second kappa shape index (κ2) is 7.94. The van der Waals surface area contributed by atoms with Gasteiger partial charge in [0.1, 0.15) is 11.6 Å². The predicted molar refractivity (Wildman–Crippen MR) is 97.6 cm³/mol. The number of halogens is 1. The molecule has 0 unspecified atom stereocenters. The molecular formula is C16H20BrN3O3S. The number of hydrogen-bond donors (Lipinski definition) is 1. The lowest BCUT2D eigenvalue weighted by Gasteiger charge is -2.10. The third-order valence-electron chi connectivity index (χ3n) is 3.14. The molecule has 0 aliphatic rings. The van der Waals surface area contributed by atoms with Crippen molar-refractivity contribution < 1.29 is 13.2 Å². The highest BCUT2D eigenvalue weighted by atomic mass is 79.9. The highest BCUT2D eigenvalue weighted by molar-refractivity contribution is 9.10. The summed E-state index contributed by atoms with van der Waals surface area (Å²) in [5.74, 6) is -0.610. The van der Waals surface area contributed by atoms with E-state index in [1.165, 1.54) is 0 Å². The van der Waals surface area contributed by atoms with Gasteiger partial charge in [0.05, 0.1) is 18.5 Å². The molecule has 130 valence electrons. The van der Waals surface area contributed by atoms with E-state index in [2.05, 4.69) is 26.3 Å². The summed E-state index contributed by atoms with van der Waals surface area (Å²) in [7, 11) is -3.41. The Bertz CT molecular complexity index is 815. The number of aromatic nitrogens is 2. The molecular weight excluding hydrogens is 394 g/mol. The number of nitrogens with zero attached hydrogens (tertiary/aromatic N) is 2. The van der Waals surface area contributed by atoms with Gasteiger partial charge >= 0.3 is 0 Å². The molecule has 2 aromatic rings. The SMILES string of the molecule is CC(C)CS(=O)(=O)CC(=O)Nc1ccnn1Cc1cccc(Br)c1. The van der Waals surface area contributed by atoms with Crippen molar-refractivity contribution >= 4 is 37.5 Å². The third-order valence-corrected chi connectivity index (χ3v) is 5.51. The van der Waals surface area contributed by atoms with Gasteiger partial charge in [-0.1, -0.05) is 41.9 Å². The predicted octanol–water partition coefficient (Wildman–Crippen LogP) is 2.70. The van der Waals surface area contributed by atoms with Crippen LogP contribution >= 0.6 is 15.9 Å². The Morgan fingerprint density at radius 2 is 2.08 bits per heavy atom. The van der Waals surface area contributed by atoms with Crippen molar-refractivity contribution in [1.82, 2.24) is 9.78 Å². The quantitative estimate of drug-likeness (QED) is 0.756. The molecule has 0 aliphatic carbocycles. The Labute approximate surface area is 150 Å². The van der Waals surface area contributed by atoms with Gasteiger partial charge in [-0.2, -0.15) is 5.10 Å². The number of hydrogen-bond acceptors (Lipinski definition) is 4. The number of sulfone groups is 1. The van der Waals surface area contributed by atoms with Crippen LogP contribution in [0.15, 0.2) is 41.0 Å². The van der Waals surface area contributed by atoms with E-state index in [4.69, 9.17) is 0 Å². The molecule has 0 radical (unpaired) electrons. The number of nitrogens with one attached hydrogen (secondary N) is 1. The largest absolute Gasteiger partial charge is 0.310 e. The van der Waals surface area contributed by atoms with E-state index < -0.39 is 21.5 Å². The number of amides is 1. The Morgan fingerprint density at radius 1 is 1.33 bits per heavy atom. The maximum absolute atomic E-state index is 12.0. The zero-order valence-electron chi connectivity index (χ0n) is 13.6. The van der Waals surface area contributed by atoms with Crippen molar-refractivity contribution in [3.05, 3.63) is 46.6 Å². The fourth-order valence-electron chi connectivity index (χ4n) is 2.32. The fourth-order valence-corrected chi connectivity index (χ4v) is 4.37. The second-order valence-corrected chi connectivity index (χ2v) is 9.03. The molecule has 1 aromatic heterocycles. The molecule has 1 heterocycles. The van der Waals surface area contributed by atoms with Crippen molar-refractivity contribution in [3.8, 4) is 0 Å². The molecule has 2 rings (SSSR count). The first kappa shape index (κ1) is 18.7. The zero-order valence-corrected chi connectivity index (χ0v) is 16.0. The van der Waals surface area contributed by atoms with Gasteiger partial charge in [-0.25, -0.2) is 13.1 Å². The summed E-state index contributed by atoms with van der Waals surface area (Å²) in [5, 5.41) is 6.80. The molecule has 1 N–H and O–H groups in total. The highest BCUT2D eigenvalue weighted by Gasteiger charge is 2.19. The lowest BCUT2D eigenvalue weighted by Crippen LogP contribution is -2.27. The van der Waals surface area contributed by atoms with Crippen LogP contribution in [-0.2, 0) is 21.2 Å². The third kappa shape index (κ3) is 5.76. The van der Waals surface area contributed by atoms with Crippen LogP contribution in [-0.4, -0.2) is 35.6 Å². The molecule has 1 amide bonds. The Morgan fingerprint density at radius 3 is 2.75 bits per heavy atom. The summed E-state index contributed by atoms with van der Waals surface area (Å²) in [6.45, 7) is 4.09. The molecule has 0 saturated carbocycles. The lowest BCUT2D eigenvalue weighted by molar-refractivity contribution is -0.113. The summed E-state index contributed by atoms with van der Waals surface area (Å²) in [6, 6.07) is 9.39. The van der Waals surface area contributed by atoms with Gasteiger partial charge in [0, 0.05) is 10.5 Å². The summed E-state index contributed by atoms with van der Waals surface area (Å²) >= 11 is 3.41. The van der Waals surface area contributed by atoms with Gasteiger partial charge < -0.3 is 5.32 Å². The maximum Gasteiger partial charge on any atom is 0.240 e. The molecule has 0 bridgehead atoms. The van der Waals surface area contributed by atoms with Crippen LogP contribution < -0.4 is 5.32 Å². The minimum absolute atomic E-state index is 0.00226. The number of carbonyl (C=O) groups excluding carboxylic acids is 1. The van der Waals surface area contributed by atoms with Gasteiger partial charge in [-0.15, -0.1) is 0 Å². The first-order valence-corrected chi connectivity index (χ1v) is 10.1. The van der Waals surface area contributed by atoms with E-state index in [1.807, 2.05) is 38.1 Å². The summed E-state index contributed by atoms with van der Waals surface area (Å²) in [4.78, 5) is 12.0. The topological polar surface area (TPSA) is 81.1 Å². The van der Waals surface area contributed by atoms with Crippen molar-refractivity contribution in [1.29, 1.82) is 0 Å². The van der Waals surface area contributed by atoms with Crippen LogP contribution in [0, 0.1) is 5.92 Å². The van der Waals surface area contributed by atoms with Crippen molar-refractivity contribution in [3.63, 3.8) is 0 Å². The molecule has 0 aliphatic heterocycles. The molecule has 0 saturated heterocycles. The van der Waals surface area contributed by atoms with Crippen LogP contribution in [0.4, 0.5) is 5.82 Å². The van der Waals surface area contributed by atoms with Crippen molar-refractivity contribution in [2.24, 2.45) is 5.92 Å². The number of carbonyl (C=O) groups is 1. The molecule has 8 heteroatoms. The second-order valence-electron chi connectivity index (χ2n) is 6.00. The number of anilines is 1. The highest BCUT2D eigenvalue weighted by Crippen LogP contribution is 2.15. The van der Waals surface area contributed by atoms with Gasteiger partial charge in [-0.3, -0.25) is 4.79 Å². The summed E-state index contributed by atoms with van der Waals surface area (Å²) in [6.07, 6.45) is 1.57. The number of benzene rings is 1. The maximum atomic E-state index is 12.0. The molecule has 0 atom stereocenters. The monoisotopic (exact) mass is 413 g/mol. The first-order valence-electron chi connectivity index (χ1n) is 7.52. The molecule has 24 heavy (non-hydrogen) atoms. The van der Waals surface area contributed by atoms with Crippen LogP contribution in [0.25, 0.3) is 0 Å². The van der Waals surface area contributed by atoms with Crippen LogP contribution in [0.5, 0.6) is 0 Å². The van der Waals surface area contributed by atoms with E-state index >= 15 is 0 Å². The van der Waals surface area contributed by atoms with Crippen LogP contribution in [0.1, 0.15) is 19.4 Å². The van der Waals surface area contributed by atoms with E-state index in [0.717, 1.165) is 10.0 Å². The van der Waals surface area contributed by atoms with E-state index in [-0.39, 0.29) is 11.7 Å². The van der Waals surface area contributed by atoms with Crippen LogP contribution in [0.2, 0.25) is 0 Å². The molecule has 0 fully saturated rings. The van der Waals surface area contributed by atoms with E-state index in [1.54, 1.807) is 16.9 Å². The van der Waals surface area contributed by atoms with Gasteiger partial charge in [0.15, 0.2) is 9.84 Å². The van der Waals surface area contributed by atoms with Crippen molar-refractivity contribution in [2.75, 3.05) is 16.8 Å². The normalized spacial score (nSPS) is 11.7. The molecule has 0 spiro atoms. The number of rotatable bonds is 7. The average Bonchev–Trinajstić information content (AvgIpc) is 2.83. The molecule has 1 aromatic carbocycles. The fraction of sp³-hybridized carbons (Fsp3) is 0.375. The minimum Gasteiger partial charge on any atom is -0.310 e. The lowest BCUT2D eigenvalue weighted by atomic mass is 10.2. The van der Waals surface area contributed by atoms with E-state index in [0.29, 0.717) is 12.4 Å². The zero-order chi connectivity index (χ0) is 17.7. The Kier molecular flexibility index (Phi) is 6.17. The average molecular weight is 414 g/mol. The Hall–Kier alpha value is -1.67. The standard InChI is InChI=1S/C16H20BrN3O3S/c1-12(2)10-24(22,23)11-16(21)19-15-6-7-18-20(15)9-13-4-3-5-14(17)8-13/h3-8,12H,9-11H2,1-2H3,(H,19,21). The summed E-state index contributed by atoms with van der Waals surface area (Å²) < 4.78 is 26.4. The first-order chi connectivity index (χ1) is 11.2. The molecule has 6 nitrogen and oxygen atoms in total. The summed E-state index contributed by atoms with van der Waals surface area (Å²) in [5.41, 5.74) is 1.01. The Balaban J connectivity index is 2.04. The van der Waals surface area contributed by atoms with Crippen molar-refractivity contribution in [2.45, 2.75) is 20.4 Å². The van der Waals surface area contributed by atoms with Crippen LogP contribution in [0.3, 0.4) is 0 Å². The van der Waals surface area contributed by atoms with Gasteiger partial charge in [0.2, 0.25) is 5.91 Å². The van der Waals surface area contributed by atoms with Gasteiger partial charge in [-0.05, 0) is 23.6 Å². The smallest absolute Gasteiger partial charge is 0.240 e. The van der Waals surface area contributed by atoms with Gasteiger partial charge in [0.25, 0.3) is 0 Å². The van der Waals surface area contributed by atoms with E-state index in [9.17, 15) is 13.2 Å². The minimum atomic E-state index is -3.41.